The number of hydrogen-bond acceptors (Lipinski definition) is 8. The van der Waals surface area contributed by atoms with Gasteiger partial charge in [0.15, 0.2) is 6.10 Å². The zero-order valence-electron chi connectivity index (χ0n) is 25.8. The number of phosphoric ester groups is 1. The first-order valence-corrected chi connectivity index (χ1v) is 17.2. The number of esters is 2. The third-order valence-corrected chi connectivity index (χ3v) is 7.38. The summed E-state index contributed by atoms with van der Waals surface area (Å²) in [7, 11) is -4.33. The molecule has 240 valence electrons. The first-order valence-electron chi connectivity index (χ1n) is 15.8. The monoisotopic (exact) mass is 603 g/mol. The van der Waals surface area contributed by atoms with Crippen LogP contribution >= 0.6 is 7.82 Å². The van der Waals surface area contributed by atoms with Crippen LogP contribution in [0.1, 0.15) is 129 Å². The number of nitrogens with two attached hydrogens (primary N) is 1. The molecule has 0 aromatic heterocycles. The number of allylic oxidation sites excluding steroid dienone is 4. The molecule has 10 heteroatoms. The summed E-state index contributed by atoms with van der Waals surface area (Å²) in [4.78, 5) is 32.9. The van der Waals surface area contributed by atoms with Gasteiger partial charge >= 0.3 is 19.8 Å². The molecular weight excluding hydrogens is 545 g/mol. The van der Waals surface area contributed by atoms with Crippen molar-refractivity contribution in [2.45, 2.75) is 136 Å². The lowest BCUT2D eigenvalue weighted by Crippen LogP contribution is -2.29. The van der Waals surface area contributed by atoms with Crippen LogP contribution in [0.5, 0.6) is 0 Å². The molecule has 0 rings (SSSR count). The van der Waals surface area contributed by atoms with Gasteiger partial charge in [0.25, 0.3) is 0 Å². The Morgan fingerprint density at radius 1 is 0.780 bits per heavy atom. The molecule has 41 heavy (non-hydrogen) atoms. The summed E-state index contributed by atoms with van der Waals surface area (Å²) in [5, 5.41) is 0. The molecule has 0 heterocycles. The van der Waals surface area contributed by atoms with Crippen molar-refractivity contribution >= 4 is 19.8 Å². The maximum atomic E-state index is 12.2. The van der Waals surface area contributed by atoms with E-state index in [-0.39, 0.29) is 26.2 Å². The molecule has 0 aliphatic carbocycles. The lowest BCUT2D eigenvalue weighted by molar-refractivity contribution is -0.160. The summed E-state index contributed by atoms with van der Waals surface area (Å²) in [6.07, 6.45) is 28.6. The Bertz CT molecular complexity index is 744. The molecule has 3 N–H and O–H groups in total. The van der Waals surface area contributed by atoms with Gasteiger partial charge in [0.05, 0.1) is 13.2 Å². The van der Waals surface area contributed by atoms with Crippen LogP contribution in [0.4, 0.5) is 0 Å². The third-order valence-electron chi connectivity index (χ3n) is 6.40. The number of phosphoric acid groups is 1. The predicted molar refractivity (Wildman–Crippen MR) is 164 cm³/mol. The minimum absolute atomic E-state index is 0.0510. The van der Waals surface area contributed by atoms with Gasteiger partial charge in [0.2, 0.25) is 0 Å². The molecule has 0 saturated carbocycles. The van der Waals surface area contributed by atoms with Crippen molar-refractivity contribution in [3.8, 4) is 0 Å². The van der Waals surface area contributed by atoms with E-state index in [4.69, 9.17) is 19.7 Å². The van der Waals surface area contributed by atoms with E-state index in [0.29, 0.717) is 6.42 Å². The summed E-state index contributed by atoms with van der Waals surface area (Å²) in [5.74, 6) is -1.03. The second kappa shape index (κ2) is 28.6. The number of rotatable bonds is 29. The molecule has 0 spiro atoms. The number of ether oxygens (including phenoxy) is 2. The second-order valence-electron chi connectivity index (χ2n) is 10.4. The Kier molecular flexibility index (Phi) is 27.5. The van der Waals surface area contributed by atoms with Gasteiger partial charge in [-0.15, -0.1) is 0 Å². The summed E-state index contributed by atoms with van der Waals surface area (Å²) in [6.45, 7) is 2.65. The van der Waals surface area contributed by atoms with E-state index < -0.39 is 32.5 Å². The number of unbranched alkanes of at least 4 members (excludes halogenated alkanes) is 14. The summed E-state index contributed by atoms with van der Waals surface area (Å²) in [6, 6.07) is 0. The molecule has 0 aromatic rings. The van der Waals surface area contributed by atoms with Gasteiger partial charge in [0, 0.05) is 19.9 Å². The molecule has 2 atom stereocenters. The molecule has 0 amide bonds. The molecule has 0 radical (unpaired) electrons. The van der Waals surface area contributed by atoms with Crippen molar-refractivity contribution in [1.82, 2.24) is 0 Å². The number of hydrogen-bond donors (Lipinski definition) is 2. The topological polar surface area (TPSA) is 134 Å². The van der Waals surface area contributed by atoms with Crippen LogP contribution in [-0.2, 0) is 32.7 Å². The van der Waals surface area contributed by atoms with Crippen LogP contribution in [0.25, 0.3) is 0 Å². The van der Waals surface area contributed by atoms with Crippen molar-refractivity contribution in [3.05, 3.63) is 24.3 Å². The first kappa shape index (κ1) is 39.5. The van der Waals surface area contributed by atoms with Crippen molar-refractivity contribution in [1.29, 1.82) is 0 Å². The minimum atomic E-state index is -4.33. The molecule has 2 unspecified atom stereocenters. The van der Waals surface area contributed by atoms with Crippen LogP contribution in [0, 0.1) is 0 Å². The van der Waals surface area contributed by atoms with Gasteiger partial charge in [-0.2, -0.15) is 0 Å². The predicted octanol–water partition coefficient (Wildman–Crippen LogP) is 7.71. The Balaban J connectivity index is 3.76. The average Bonchev–Trinajstić information content (AvgIpc) is 2.94. The highest BCUT2D eigenvalue weighted by molar-refractivity contribution is 7.47. The van der Waals surface area contributed by atoms with Crippen LogP contribution in [0.3, 0.4) is 0 Å². The van der Waals surface area contributed by atoms with Crippen molar-refractivity contribution in [2.24, 2.45) is 5.73 Å². The highest BCUT2D eigenvalue weighted by Gasteiger charge is 2.25. The number of carbonyl (C=O) groups excluding carboxylic acids is 2. The van der Waals surface area contributed by atoms with Crippen LogP contribution < -0.4 is 5.73 Å². The summed E-state index contributed by atoms with van der Waals surface area (Å²) in [5.41, 5.74) is 5.24. The maximum absolute atomic E-state index is 12.2. The van der Waals surface area contributed by atoms with E-state index in [1.165, 1.54) is 77.6 Å². The van der Waals surface area contributed by atoms with Crippen molar-refractivity contribution in [2.75, 3.05) is 26.4 Å². The standard InChI is InChI=1S/C31H58NO8P/c1-3-4-5-6-7-8-9-10-11-12-13-14-15-16-17-18-19-20-21-22-23-24-31(34)40-30(27-37-29(2)33)28-39-41(35,36)38-26-25-32/h9-10,12-13,30H,3-8,11,14-28,32H2,1-2H3,(H,35,36)/b10-9-,13-12-. The van der Waals surface area contributed by atoms with E-state index in [1.54, 1.807) is 0 Å². The molecule has 0 aliphatic heterocycles. The van der Waals surface area contributed by atoms with Gasteiger partial charge in [-0.25, -0.2) is 4.57 Å². The largest absolute Gasteiger partial charge is 0.472 e. The highest BCUT2D eigenvalue weighted by atomic mass is 31.2. The molecule has 0 aliphatic rings. The Morgan fingerprint density at radius 3 is 1.85 bits per heavy atom. The van der Waals surface area contributed by atoms with Gasteiger partial charge in [-0.1, -0.05) is 102 Å². The third kappa shape index (κ3) is 29.8. The van der Waals surface area contributed by atoms with E-state index in [9.17, 15) is 19.0 Å². The van der Waals surface area contributed by atoms with Crippen LogP contribution in [0.2, 0.25) is 0 Å². The SMILES string of the molecule is CCCCCCC/C=C\C/C=C\CCCCCCCCCCCC(=O)OC(COC(C)=O)COP(=O)(O)OCCN. The molecular formula is C31H58NO8P. The van der Waals surface area contributed by atoms with Crippen LogP contribution in [0.15, 0.2) is 24.3 Å². The molecule has 0 fully saturated rings. The van der Waals surface area contributed by atoms with Crippen LogP contribution in [-0.4, -0.2) is 49.3 Å². The van der Waals surface area contributed by atoms with E-state index in [1.807, 2.05) is 0 Å². The minimum Gasteiger partial charge on any atom is -0.462 e. The fraction of sp³-hybridized carbons (Fsp3) is 0.806. The fourth-order valence-electron chi connectivity index (χ4n) is 4.10. The number of carbonyl (C=O) groups is 2. The Labute approximate surface area is 249 Å². The normalized spacial score (nSPS) is 14.0. The lowest BCUT2D eigenvalue weighted by Gasteiger charge is -2.19. The van der Waals surface area contributed by atoms with Crippen molar-refractivity contribution in [3.63, 3.8) is 0 Å². The maximum Gasteiger partial charge on any atom is 0.472 e. The van der Waals surface area contributed by atoms with E-state index in [2.05, 4.69) is 35.8 Å². The highest BCUT2D eigenvalue weighted by Crippen LogP contribution is 2.43. The molecule has 0 bridgehead atoms. The summed E-state index contributed by atoms with van der Waals surface area (Å²) < 4.78 is 31.4. The smallest absolute Gasteiger partial charge is 0.462 e. The average molecular weight is 604 g/mol. The zero-order chi connectivity index (χ0) is 30.4. The molecule has 9 nitrogen and oxygen atoms in total. The van der Waals surface area contributed by atoms with E-state index >= 15 is 0 Å². The van der Waals surface area contributed by atoms with Gasteiger partial charge in [-0.05, 0) is 38.5 Å². The lowest BCUT2D eigenvalue weighted by atomic mass is 10.1. The van der Waals surface area contributed by atoms with E-state index in [0.717, 1.165) is 32.1 Å². The second-order valence-corrected chi connectivity index (χ2v) is 11.9. The Morgan fingerprint density at radius 2 is 1.32 bits per heavy atom. The van der Waals surface area contributed by atoms with Gasteiger partial charge in [-0.3, -0.25) is 18.6 Å². The fourth-order valence-corrected chi connectivity index (χ4v) is 4.86. The summed E-state index contributed by atoms with van der Waals surface area (Å²) >= 11 is 0. The van der Waals surface area contributed by atoms with Gasteiger partial charge < -0.3 is 20.1 Å². The molecule has 0 aromatic carbocycles. The van der Waals surface area contributed by atoms with Gasteiger partial charge in [0.1, 0.15) is 6.61 Å². The Hall–Kier alpha value is -1.51. The first-order chi connectivity index (χ1) is 19.8. The van der Waals surface area contributed by atoms with Crippen molar-refractivity contribution < 1.29 is 37.6 Å². The zero-order valence-corrected chi connectivity index (χ0v) is 26.7. The molecule has 0 saturated heterocycles. The quantitative estimate of drug-likeness (QED) is 0.0381.